The van der Waals surface area contributed by atoms with Gasteiger partial charge in [-0.1, -0.05) is 11.3 Å². The molecule has 5 nitrogen and oxygen atoms in total. The van der Waals surface area contributed by atoms with E-state index in [4.69, 9.17) is 4.74 Å². The fourth-order valence-electron chi connectivity index (χ4n) is 4.97. The van der Waals surface area contributed by atoms with E-state index in [1.807, 2.05) is 6.92 Å². The van der Waals surface area contributed by atoms with Crippen LogP contribution in [0.2, 0.25) is 0 Å². The molecule has 1 saturated carbocycles. The first-order valence-corrected chi connectivity index (χ1v) is 13.0. The summed E-state index contributed by atoms with van der Waals surface area (Å²) in [6.45, 7) is 2.57. The molecule has 10 heteroatoms. The van der Waals surface area contributed by atoms with E-state index in [2.05, 4.69) is 14.9 Å². The average Bonchev–Trinajstić information content (AvgIpc) is 3.11. The van der Waals surface area contributed by atoms with Crippen molar-refractivity contribution in [2.75, 3.05) is 26.2 Å². The SMILES string of the molecule is Cc1ncccc1C(=O)CC1CCC(F)(CCN2CCc3nc(OCC(F)(F)F)sc3CC2)CC1. The predicted molar refractivity (Wildman–Crippen MR) is 126 cm³/mol. The molecule has 0 bridgehead atoms. The molecule has 2 aromatic rings. The van der Waals surface area contributed by atoms with Crippen molar-refractivity contribution in [1.29, 1.82) is 0 Å². The van der Waals surface area contributed by atoms with Crippen molar-refractivity contribution in [3.8, 4) is 5.19 Å². The van der Waals surface area contributed by atoms with Gasteiger partial charge in [-0.15, -0.1) is 0 Å². The number of aryl methyl sites for hydroxylation is 1. The molecule has 1 aliphatic heterocycles. The van der Waals surface area contributed by atoms with Gasteiger partial charge in [0, 0.05) is 54.8 Å². The van der Waals surface area contributed by atoms with Crippen molar-refractivity contribution in [2.24, 2.45) is 5.92 Å². The van der Waals surface area contributed by atoms with E-state index in [9.17, 15) is 18.0 Å². The van der Waals surface area contributed by atoms with Gasteiger partial charge < -0.3 is 9.64 Å². The van der Waals surface area contributed by atoms with Crippen LogP contribution in [0.15, 0.2) is 18.3 Å². The number of fused-ring (bicyclic) bond motifs is 1. The molecule has 0 atom stereocenters. The van der Waals surface area contributed by atoms with E-state index in [0.717, 1.165) is 22.8 Å². The maximum absolute atomic E-state index is 15.5. The lowest BCUT2D eigenvalue weighted by Gasteiger charge is -2.35. The number of hydrogen-bond donors (Lipinski definition) is 0. The second-order valence-corrected chi connectivity index (χ2v) is 10.7. The molecule has 3 heterocycles. The summed E-state index contributed by atoms with van der Waals surface area (Å²) in [4.78, 5) is 24.2. The normalized spacial score (nSPS) is 23.5. The van der Waals surface area contributed by atoms with E-state index in [-0.39, 0.29) is 16.9 Å². The van der Waals surface area contributed by atoms with Crippen LogP contribution in [-0.2, 0) is 12.8 Å². The van der Waals surface area contributed by atoms with E-state index >= 15 is 4.39 Å². The zero-order valence-electron chi connectivity index (χ0n) is 19.9. The third-order valence-corrected chi connectivity index (χ3v) is 8.17. The highest BCUT2D eigenvalue weighted by molar-refractivity contribution is 7.13. The molecular formula is C25H31F4N3O2S. The molecule has 0 N–H and O–H groups in total. The Morgan fingerprint density at radius 2 is 2.00 bits per heavy atom. The van der Waals surface area contributed by atoms with Crippen molar-refractivity contribution in [2.45, 2.75) is 70.1 Å². The zero-order chi connectivity index (χ0) is 25.1. The number of ether oxygens (including phenoxy) is 1. The van der Waals surface area contributed by atoms with Crippen LogP contribution in [0.3, 0.4) is 0 Å². The van der Waals surface area contributed by atoms with Gasteiger partial charge >= 0.3 is 6.18 Å². The van der Waals surface area contributed by atoms with Crippen LogP contribution < -0.4 is 4.74 Å². The van der Waals surface area contributed by atoms with Crippen LogP contribution in [0.4, 0.5) is 17.6 Å². The second-order valence-electron chi connectivity index (χ2n) is 9.70. The average molecular weight is 514 g/mol. The Morgan fingerprint density at radius 3 is 2.71 bits per heavy atom. The van der Waals surface area contributed by atoms with Crippen LogP contribution in [0.1, 0.15) is 65.1 Å². The third kappa shape index (κ3) is 7.22. The highest BCUT2D eigenvalue weighted by atomic mass is 32.1. The summed E-state index contributed by atoms with van der Waals surface area (Å²) in [6, 6.07) is 3.57. The van der Waals surface area contributed by atoms with E-state index in [1.54, 1.807) is 18.3 Å². The first-order chi connectivity index (χ1) is 16.6. The summed E-state index contributed by atoms with van der Waals surface area (Å²) < 4.78 is 57.4. The number of aromatic nitrogens is 2. The minimum Gasteiger partial charge on any atom is -0.460 e. The number of carbonyl (C=O) groups excluding carboxylic acids is 1. The summed E-state index contributed by atoms with van der Waals surface area (Å²) in [5, 5.41) is 0.0671. The maximum Gasteiger partial charge on any atom is 0.422 e. The van der Waals surface area contributed by atoms with Gasteiger partial charge in [0.25, 0.3) is 5.19 Å². The van der Waals surface area contributed by atoms with Crippen molar-refractivity contribution >= 4 is 17.1 Å². The Bertz CT molecular complexity index is 993. The molecule has 0 amide bonds. The smallest absolute Gasteiger partial charge is 0.422 e. The number of pyridine rings is 1. The molecule has 2 aliphatic rings. The highest BCUT2D eigenvalue weighted by Crippen LogP contribution is 2.39. The van der Waals surface area contributed by atoms with E-state index in [0.29, 0.717) is 70.0 Å². The molecule has 4 rings (SSSR count). The Balaban J connectivity index is 1.20. The number of ketones is 1. The predicted octanol–water partition coefficient (Wildman–Crippen LogP) is 5.75. The maximum atomic E-state index is 15.5. The molecular weight excluding hydrogens is 482 g/mol. The summed E-state index contributed by atoms with van der Waals surface area (Å²) >= 11 is 1.18. The Kier molecular flexibility index (Phi) is 8.10. The number of Topliss-reactive ketones (excluding diaryl/α,β-unsaturated/α-hetero) is 1. The first-order valence-electron chi connectivity index (χ1n) is 12.1. The number of alkyl halides is 4. The highest BCUT2D eigenvalue weighted by Gasteiger charge is 2.36. The third-order valence-electron chi connectivity index (χ3n) is 7.10. The van der Waals surface area contributed by atoms with Crippen molar-refractivity contribution in [1.82, 2.24) is 14.9 Å². The summed E-state index contributed by atoms with van der Waals surface area (Å²) in [6.07, 6.45) is 1.86. The first kappa shape index (κ1) is 26.0. The van der Waals surface area contributed by atoms with Gasteiger partial charge in [-0.2, -0.15) is 13.2 Å². The van der Waals surface area contributed by atoms with Gasteiger partial charge in [-0.25, -0.2) is 9.37 Å². The number of thiazole rings is 1. The second kappa shape index (κ2) is 10.9. The van der Waals surface area contributed by atoms with Crippen LogP contribution in [0, 0.1) is 12.8 Å². The number of rotatable bonds is 8. The number of hydrogen-bond acceptors (Lipinski definition) is 6. The number of nitrogens with zero attached hydrogens (tertiary/aromatic N) is 3. The van der Waals surface area contributed by atoms with Crippen LogP contribution >= 0.6 is 11.3 Å². The monoisotopic (exact) mass is 513 g/mol. The largest absolute Gasteiger partial charge is 0.460 e. The Hall–Kier alpha value is -2.07. The Morgan fingerprint density at radius 1 is 1.26 bits per heavy atom. The number of halogens is 4. The van der Waals surface area contributed by atoms with Gasteiger partial charge in [0.05, 0.1) is 5.69 Å². The zero-order valence-corrected chi connectivity index (χ0v) is 20.7. The lowest BCUT2D eigenvalue weighted by atomic mass is 9.76. The summed E-state index contributed by atoms with van der Waals surface area (Å²) in [7, 11) is 0. The fourth-order valence-corrected chi connectivity index (χ4v) is 5.92. The van der Waals surface area contributed by atoms with Crippen molar-refractivity contribution in [3.05, 3.63) is 40.2 Å². The molecule has 192 valence electrons. The fraction of sp³-hybridized carbons (Fsp3) is 0.640. The molecule has 0 unspecified atom stereocenters. The molecule has 1 fully saturated rings. The molecule has 0 spiro atoms. The van der Waals surface area contributed by atoms with Crippen molar-refractivity contribution in [3.63, 3.8) is 0 Å². The van der Waals surface area contributed by atoms with Gasteiger partial charge in [0.2, 0.25) is 0 Å². The topological polar surface area (TPSA) is 55.3 Å². The van der Waals surface area contributed by atoms with E-state index < -0.39 is 18.5 Å². The quantitative estimate of drug-likeness (QED) is 0.332. The lowest BCUT2D eigenvalue weighted by Crippen LogP contribution is -2.36. The molecule has 35 heavy (non-hydrogen) atoms. The number of carbonyl (C=O) groups is 1. The van der Waals surface area contributed by atoms with Crippen LogP contribution in [-0.4, -0.2) is 58.7 Å². The summed E-state index contributed by atoms with van der Waals surface area (Å²) in [5.41, 5.74) is 0.976. The van der Waals surface area contributed by atoms with Gasteiger partial charge in [0.15, 0.2) is 12.4 Å². The van der Waals surface area contributed by atoms with Crippen LogP contribution in [0.25, 0.3) is 0 Å². The minimum atomic E-state index is -4.38. The Labute approximate surface area is 206 Å². The summed E-state index contributed by atoms with van der Waals surface area (Å²) in [5.74, 6) is 0.296. The van der Waals surface area contributed by atoms with Gasteiger partial charge in [-0.05, 0) is 63.5 Å². The standard InChI is InChI=1S/C25H31F4N3O2S/c1-17-19(3-2-11-30-17)21(33)15-18-4-8-24(26,9-5-18)10-14-32-12-6-20-22(7-13-32)35-23(31-20)34-16-25(27,28)29/h2-3,11,18H,4-10,12-16H2,1H3. The minimum absolute atomic E-state index is 0.0671. The van der Waals surface area contributed by atoms with Crippen molar-refractivity contribution < 1.29 is 27.1 Å². The lowest BCUT2D eigenvalue weighted by molar-refractivity contribution is -0.153. The van der Waals surface area contributed by atoms with E-state index in [1.165, 1.54) is 11.3 Å². The molecule has 2 aromatic heterocycles. The molecule has 0 aromatic carbocycles. The molecule has 1 aliphatic carbocycles. The molecule has 0 saturated heterocycles. The molecule has 0 radical (unpaired) electrons. The van der Waals surface area contributed by atoms with Crippen LogP contribution in [0.5, 0.6) is 5.19 Å². The van der Waals surface area contributed by atoms with Gasteiger partial charge in [-0.3, -0.25) is 9.78 Å². The van der Waals surface area contributed by atoms with Gasteiger partial charge in [0.1, 0.15) is 5.67 Å².